The van der Waals surface area contributed by atoms with Crippen LogP contribution in [0.25, 0.3) is 0 Å². The van der Waals surface area contributed by atoms with Crippen molar-refractivity contribution in [3.05, 3.63) is 59.2 Å². The van der Waals surface area contributed by atoms with Crippen molar-refractivity contribution in [1.29, 1.82) is 0 Å². The monoisotopic (exact) mass is 378 g/mol. The van der Waals surface area contributed by atoms with Gasteiger partial charge in [0.25, 0.3) is 0 Å². The SMILES string of the molecule is COc1ccc(CCN2CCN(c3cccc(C(F)(F)F)c3)CC2)cc1C. The van der Waals surface area contributed by atoms with Crippen molar-refractivity contribution in [2.24, 2.45) is 0 Å². The molecule has 27 heavy (non-hydrogen) atoms. The minimum atomic E-state index is -4.30. The number of nitrogens with zero attached hydrogens (tertiary/aromatic N) is 2. The molecular formula is C21H25F3N2O. The number of alkyl halides is 3. The Morgan fingerprint density at radius 3 is 2.37 bits per heavy atom. The molecule has 146 valence electrons. The molecule has 1 heterocycles. The molecule has 3 nitrogen and oxygen atoms in total. The lowest BCUT2D eigenvalue weighted by Crippen LogP contribution is -2.47. The van der Waals surface area contributed by atoms with E-state index < -0.39 is 11.7 Å². The van der Waals surface area contributed by atoms with E-state index in [1.807, 2.05) is 17.9 Å². The van der Waals surface area contributed by atoms with Gasteiger partial charge in [-0.1, -0.05) is 18.2 Å². The van der Waals surface area contributed by atoms with E-state index in [-0.39, 0.29) is 0 Å². The van der Waals surface area contributed by atoms with Gasteiger partial charge < -0.3 is 9.64 Å². The topological polar surface area (TPSA) is 15.7 Å². The Kier molecular flexibility index (Phi) is 5.95. The highest BCUT2D eigenvalue weighted by atomic mass is 19.4. The summed E-state index contributed by atoms with van der Waals surface area (Å²) in [6, 6.07) is 11.8. The van der Waals surface area contributed by atoms with Gasteiger partial charge in [0, 0.05) is 38.4 Å². The molecule has 0 atom stereocenters. The normalized spacial score (nSPS) is 15.8. The summed E-state index contributed by atoms with van der Waals surface area (Å²) in [6.45, 7) is 6.17. The maximum Gasteiger partial charge on any atom is 0.416 e. The molecule has 0 N–H and O–H groups in total. The van der Waals surface area contributed by atoms with Crippen LogP contribution >= 0.6 is 0 Å². The molecule has 0 radical (unpaired) electrons. The molecule has 1 saturated heterocycles. The lowest BCUT2D eigenvalue weighted by molar-refractivity contribution is -0.137. The number of hydrogen-bond donors (Lipinski definition) is 0. The van der Waals surface area contributed by atoms with Gasteiger partial charge in [-0.05, 0) is 48.7 Å². The first-order valence-electron chi connectivity index (χ1n) is 9.15. The average Bonchev–Trinajstić information content (AvgIpc) is 2.66. The molecule has 1 aliphatic heterocycles. The summed E-state index contributed by atoms with van der Waals surface area (Å²) >= 11 is 0. The summed E-state index contributed by atoms with van der Waals surface area (Å²) in [7, 11) is 1.67. The van der Waals surface area contributed by atoms with E-state index in [0.29, 0.717) is 5.69 Å². The van der Waals surface area contributed by atoms with Crippen LogP contribution in [0.5, 0.6) is 5.75 Å². The van der Waals surface area contributed by atoms with Crippen molar-refractivity contribution in [3.8, 4) is 5.75 Å². The fraction of sp³-hybridized carbons (Fsp3) is 0.429. The second-order valence-corrected chi connectivity index (χ2v) is 6.93. The molecule has 0 bridgehead atoms. The highest BCUT2D eigenvalue weighted by molar-refractivity contribution is 5.49. The number of benzene rings is 2. The highest BCUT2D eigenvalue weighted by Gasteiger charge is 2.31. The Bertz CT molecular complexity index is 768. The summed E-state index contributed by atoms with van der Waals surface area (Å²) in [5.74, 6) is 0.897. The summed E-state index contributed by atoms with van der Waals surface area (Å²) < 4.78 is 44.0. The Morgan fingerprint density at radius 2 is 1.74 bits per heavy atom. The second-order valence-electron chi connectivity index (χ2n) is 6.93. The lowest BCUT2D eigenvalue weighted by Gasteiger charge is -2.36. The third-order valence-electron chi connectivity index (χ3n) is 5.09. The van der Waals surface area contributed by atoms with Crippen LogP contribution in [0.2, 0.25) is 0 Å². The van der Waals surface area contributed by atoms with Gasteiger partial charge in [-0.15, -0.1) is 0 Å². The maximum absolute atomic E-state index is 12.9. The van der Waals surface area contributed by atoms with Gasteiger partial charge >= 0.3 is 6.18 Å². The zero-order valence-electron chi connectivity index (χ0n) is 15.7. The van der Waals surface area contributed by atoms with Gasteiger partial charge in [0.1, 0.15) is 5.75 Å². The van der Waals surface area contributed by atoms with Crippen LogP contribution in [0, 0.1) is 6.92 Å². The van der Waals surface area contributed by atoms with E-state index in [4.69, 9.17) is 4.74 Å². The number of anilines is 1. The number of methoxy groups -OCH3 is 1. The van der Waals surface area contributed by atoms with E-state index in [9.17, 15) is 13.2 Å². The zero-order valence-corrected chi connectivity index (χ0v) is 15.7. The molecule has 0 saturated carbocycles. The summed E-state index contributed by atoms with van der Waals surface area (Å²) in [6.07, 6.45) is -3.34. The number of rotatable bonds is 5. The molecule has 0 unspecified atom stereocenters. The first-order valence-corrected chi connectivity index (χ1v) is 9.15. The van der Waals surface area contributed by atoms with Crippen molar-refractivity contribution in [2.45, 2.75) is 19.5 Å². The minimum Gasteiger partial charge on any atom is -0.496 e. The largest absolute Gasteiger partial charge is 0.496 e. The van der Waals surface area contributed by atoms with Crippen molar-refractivity contribution in [2.75, 3.05) is 44.7 Å². The number of halogens is 3. The number of piperazine rings is 1. The molecule has 2 aromatic carbocycles. The molecule has 1 fully saturated rings. The Morgan fingerprint density at radius 1 is 1.00 bits per heavy atom. The van der Waals surface area contributed by atoms with Gasteiger partial charge in [-0.3, -0.25) is 4.90 Å². The molecule has 3 rings (SSSR count). The smallest absolute Gasteiger partial charge is 0.416 e. The predicted octanol–water partition coefficient (Wildman–Crippen LogP) is 4.39. The molecule has 2 aromatic rings. The zero-order chi connectivity index (χ0) is 19.4. The first kappa shape index (κ1) is 19.5. The second kappa shape index (κ2) is 8.21. The lowest BCUT2D eigenvalue weighted by atomic mass is 10.1. The molecule has 0 aromatic heterocycles. The summed E-state index contributed by atoms with van der Waals surface area (Å²) in [5.41, 5.74) is 2.46. The van der Waals surface area contributed by atoms with Crippen molar-refractivity contribution < 1.29 is 17.9 Å². The van der Waals surface area contributed by atoms with Gasteiger partial charge in [-0.2, -0.15) is 13.2 Å². The van der Waals surface area contributed by atoms with E-state index in [0.717, 1.165) is 56.5 Å². The molecule has 0 spiro atoms. The van der Waals surface area contributed by atoms with E-state index in [2.05, 4.69) is 17.0 Å². The maximum atomic E-state index is 12.9. The van der Waals surface area contributed by atoms with Crippen molar-refractivity contribution in [1.82, 2.24) is 4.90 Å². The van der Waals surface area contributed by atoms with Crippen LogP contribution in [0.15, 0.2) is 42.5 Å². The van der Waals surface area contributed by atoms with Crippen LogP contribution in [0.4, 0.5) is 18.9 Å². The molecular weight excluding hydrogens is 353 g/mol. The van der Waals surface area contributed by atoms with E-state index in [1.54, 1.807) is 13.2 Å². The van der Waals surface area contributed by atoms with Crippen molar-refractivity contribution in [3.63, 3.8) is 0 Å². The summed E-state index contributed by atoms with van der Waals surface area (Å²) in [4.78, 5) is 4.40. The van der Waals surface area contributed by atoms with E-state index in [1.165, 1.54) is 17.7 Å². The van der Waals surface area contributed by atoms with Crippen molar-refractivity contribution >= 4 is 5.69 Å². The molecule has 0 aliphatic carbocycles. The Balaban J connectivity index is 1.53. The predicted molar refractivity (Wildman–Crippen MR) is 102 cm³/mol. The minimum absolute atomic E-state index is 0.586. The van der Waals surface area contributed by atoms with Gasteiger partial charge in [0.15, 0.2) is 0 Å². The fourth-order valence-corrected chi connectivity index (χ4v) is 3.49. The number of hydrogen-bond acceptors (Lipinski definition) is 3. The number of ether oxygens (including phenoxy) is 1. The number of aryl methyl sites for hydroxylation is 1. The van der Waals surface area contributed by atoms with Crippen LogP contribution in [0.1, 0.15) is 16.7 Å². The van der Waals surface area contributed by atoms with E-state index >= 15 is 0 Å². The third kappa shape index (κ3) is 4.95. The molecule has 6 heteroatoms. The van der Waals surface area contributed by atoms with Crippen LogP contribution in [-0.4, -0.2) is 44.7 Å². The Labute approximate surface area is 158 Å². The van der Waals surface area contributed by atoms with Gasteiger partial charge in [0.2, 0.25) is 0 Å². The van der Waals surface area contributed by atoms with Gasteiger partial charge in [-0.25, -0.2) is 0 Å². The highest BCUT2D eigenvalue weighted by Crippen LogP contribution is 2.31. The first-order chi connectivity index (χ1) is 12.9. The standard InChI is InChI=1S/C21H25F3N2O/c1-16-14-17(6-7-20(16)27-2)8-9-25-10-12-26(13-11-25)19-5-3-4-18(15-19)21(22,23)24/h3-7,14-15H,8-13H2,1-2H3. The Hall–Kier alpha value is -2.21. The van der Waals surface area contributed by atoms with Crippen LogP contribution in [-0.2, 0) is 12.6 Å². The van der Waals surface area contributed by atoms with Crippen LogP contribution in [0.3, 0.4) is 0 Å². The quantitative estimate of drug-likeness (QED) is 0.768. The van der Waals surface area contributed by atoms with Gasteiger partial charge in [0.05, 0.1) is 12.7 Å². The third-order valence-corrected chi connectivity index (χ3v) is 5.09. The molecule has 0 amide bonds. The van der Waals surface area contributed by atoms with Crippen LogP contribution < -0.4 is 9.64 Å². The molecule has 1 aliphatic rings. The fourth-order valence-electron chi connectivity index (χ4n) is 3.49. The summed E-state index contributed by atoms with van der Waals surface area (Å²) in [5, 5.41) is 0. The average molecular weight is 378 g/mol.